The van der Waals surface area contributed by atoms with Gasteiger partial charge < -0.3 is 15.3 Å². The Morgan fingerprint density at radius 2 is 2.25 bits per heavy atom. The van der Waals surface area contributed by atoms with E-state index in [4.69, 9.17) is 0 Å². The molecule has 0 bridgehead atoms. The first-order valence-electron chi connectivity index (χ1n) is 7.49. The number of aliphatic hydroxyl groups is 1. The van der Waals surface area contributed by atoms with Crippen LogP contribution in [0.25, 0.3) is 0 Å². The van der Waals surface area contributed by atoms with E-state index in [1.165, 1.54) is 0 Å². The van der Waals surface area contributed by atoms with Crippen LogP contribution in [0.4, 0.5) is 10.1 Å². The normalized spacial score (nSPS) is 20.4. The Kier molecular flexibility index (Phi) is 5.00. The second-order valence-corrected chi connectivity index (χ2v) is 5.72. The van der Waals surface area contributed by atoms with E-state index in [1.807, 2.05) is 6.07 Å². The zero-order chi connectivity index (χ0) is 14.7. The highest BCUT2D eigenvalue weighted by atomic mass is 19.1. The molecule has 0 aromatic heterocycles. The maximum absolute atomic E-state index is 13.9. The Labute approximate surface area is 120 Å². The molecule has 2 rings (SSSR count). The number of hydrogen-bond donors (Lipinski definition) is 2. The minimum absolute atomic E-state index is 0.109. The first-order valence-corrected chi connectivity index (χ1v) is 7.49. The molecule has 1 aromatic rings. The van der Waals surface area contributed by atoms with Crippen molar-refractivity contribution in [1.29, 1.82) is 0 Å². The van der Waals surface area contributed by atoms with Gasteiger partial charge in [0.25, 0.3) is 0 Å². The first-order chi connectivity index (χ1) is 9.52. The molecular formula is C16H25FN2O. The van der Waals surface area contributed by atoms with Gasteiger partial charge in [-0.25, -0.2) is 4.39 Å². The number of benzene rings is 1. The Bertz CT molecular complexity index is 464. The zero-order valence-electron chi connectivity index (χ0n) is 12.6. The van der Waals surface area contributed by atoms with E-state index in [2.05, 4.69) is 24.1 Å². The molecular weight excluding hydrogens is 255 g/mol. The molecule has 0 amide bonds. The summed E-state index contributed by atoms with van der Waals surface area (Å²) in [5.41, 5.74) is 2.69. The third-order valence-electron chi connectivity index (χ3n) is 3.98. The summed E-state index contributed by atoms with van der Waals surface area (Å²) in [4.78, 5) is 2.16. The average molecular weight is 280 g/mol. The summed E-state index contributed by atoms with van der Waals surface area (Å²) < 4.78 is 13.9. The van der Waals surface area contributed by atoms with Crippen LogP contribution in [0.2, 0.25) is 0 Å². The molecule has 0 saturated carbocycles. The van der Waals surface area contributed by atoms with Crippen molar-refractivity contribution in [3.63, 3.8) is 0 Å². The number of nitrogens with one attached hydrogen (secondary N) is 1. The summed E-state index contributed by atoms with van der Waals surface area (Å²) in [5, 5.41) is 13.1. The van der Waals surface area contributed by atoms with E-state index in [0.717, 1.165) is 37.2 Å². The van der Waals surface area contributed by atoms with Crippen molar-refractivity contribution in [2.75, 3.05) is 24.5 Å². The largest absolute Gasteiger partial charge is 0.391 e. The van der Waals surface area contributed by atoms with Crippen LogP contribution in [0, 0.1) is 12.7 Å². The topological polar surface area (TPSA) is 35.5 Å². The highest BCUT2D eigenvalue weighted by molar-refractivity contribution is 5.58. The number of aryl methyl sites for hydroxylation is 1. The second kappa shape index (κ2) is 6.55. The van der Waals surface area contributed by atoms with Crippen LogP contribution in [0.1, 0.15) is 43.9 Å². The van der Waals surface area contributed by atoms with Crippen LogP contribution in [0.15, 0.2) is 12.1 Å². The standard InChI is InChI=1S/C16H25FN2O/c1-4-6-18-12(3)14-9-15(17)11(2)8-16(14)19-7-5-13(20)10-19/h8-9,12-13,18,20H,4-7,10H2,1-3H3. The number of anilines is 1. The number of nitrogens with zero attached hydrogens (tertiary/aromatic N) is 1. The molecule has 4 heteroatoms. The lowest BCUT2D eigenvalue weighted by atomic mass is 10.0. The molecule has 2 N–H and O–H groups in total. The lowest BCUT2D eigenvalue weighted by Crippen LogP contribution is -2.26. The molecule has 2 unspecified atom stereocenters. The van der Waals surface area contributed by atoms with E-state index in [0.29, 0.717) is 12.1 Å². The Morgan fingerprint density at radius 1 is 1.50 bits per heavy atom. The number of halogens is 1. The number of hydrogen-bond acceptors (Lipinski definition) is 3. The van der Waals surface area contributed by atoms with E-state index < -0.39 is 0 Å². The molecule has 0 radical (unpaired) electrons. The van der Waals surface area contributed by atoms with Crippen LogP contribution in [-0.2, 0) is 0 Å². The zero-order valence-corrected chi connectivity index (χ0v) is 12.6. The molecule has 1 aliphatic rings. The van der Waals surface area contributed by atoms with Crippen LogP contribution < -0.4 is 10.2 Å². The maximum atomic E-state index is 13.9. The van der Waals surface area contributed by atoms with Crippen molar-refractivity contribution in [1.82, 2.24) is 5.32 Å². The van der Waals surface area contributed by atoms with Crippen molar-refractivity contribution in [3.8, 4) is 0 Å². The molecule has 0 spiro atoms. The summed E-state index contributed by atoms with van der Waals surface area (Å²) in [7, 11) is 0. The van der Waals surface area contributed by atoms with Crippen LogP contribution >= 0.6 is 0 Å². The van der Waals surface area contributed by atoms with Gasteiger partial charge in [-0.3, -0.25) is 0 Å². The van der Waals surface area contributed by atoms with Gasteiger partial charge in [0, 0.05) is 24.8 Å². The Hall–Kier alpha value is -1.13. The Morgan fingerprint density at radius 3 is 2.85 bits per heavy atom. The quantitative estimate of drug-likeness (QED) is 0.870. The van der Waals surface area contributed by atoms with Gasteiger partial charge in [0.15, 0.2) is 0 Å². The molecule has 3 nitrogen and oxygen atoms in total. The van der Waals surface area contributed by atoms with Gasteiger partial charge in [0.05, 0.1) is 6.10 Å². The monoisotopic (exact) mass is 280 g/mol. The molecule has 2 atom stereocenters. The average Bonchev–Trinajstić information content (AvgIpc) is 2.85. The van der Waals surface area contributed by atoms with Crippen molar-refractivity contribution in [3.05, 3.63) is 29.1 Å². The minimum atomic E-state index is -0.271. The molecule has 1 aromatic carbocycles. The third-order valence-corrected chi connectivity index (χ3v) is 3.98. The SMILES string of the molecule is CCCNC(C)c1cc(F)c(C)cc1N1CCC(O)C1. The summed E-state index contributed by atoms with van der Waals surface area (Å²) in [5.74, 6) is -0.159. The number of aliphatic hydroxyl groups excluding tert-OH is 1. The Balaban J connectivity index is 2.30. The van der Waals surface area contributed by atoms with Crippen molar-refractivity contribution in [2.45, 2.75) is 45.8 Å². The van der Waals surface area contributed by atoms with E-state index in [-0.39, 0.29) is 18.0 Å². The van der Waals surface area contributed by atoms with Crippen molar-refractivity contribution >= 4 is 5.69 Å². The van der Waals surface area contributed by atoms with E-state index >= 15 is 0 Å². The summed E-state index contributed by atoms with van der Waals surface area (Å²) in [6.07, 6.45) is 1.57. The highest BCUT2D eigenvalue weighted by Gasteiger charge is 2.24. The first kappa shape index (κ1) is 15.3. The van der Waals surface area contributed by atoms with Gasteiger partial charge in [-0.05, 0) is 56.5 Å². The van der Waals surface area contributed by atoms with Gasteiger partial charge in [0.2, 0.25) is 0 Å². The fourth-order valence-electron chi connectivity index (χ4n) is 2.73. The van der Waals surface area contributed by atoms with Gasteiger partial charge >= 0.3 is 0 Å². The van der Waals surface area contributed by atoms with Gasteiger partial charge in [0.1, 0.15) is 5.82 Å². The molecule has 1 fully saturated rings. The van der Waals surface area contributed by atoms with Crippen molar-refractivity contribution < 1.29 is 9.50 Å². The molecule has 1 aliphatic heterocycles. The summed E-state index contributed by atoms with van der Waals surface area (Å²) >= 11 is 0. The van der Waals surface area contributed by atoms with Crippen LogP contribution in [0.5, 0.6) is 0 Å². The smallest absolute Gasteiger partial charge is 0.126 e. The predicted octanol–water partition coefficient (Wildman–Crippen LogP) is 2.77. The van der Waals surface area contributed by atoms with Crippen LogP contribution in [-0.4, -0.2) is 30.8 Å². The third kappa shape index (κ3) is 3.30. The molecule has 20 heavy (non-hydrogen) atoms. The molecule has 1 heterocycles. The second-order valence-electron chi connectivity index (χ2n) is 5.72. The maximum Gasteiger partial charge on any atom is 0.126 e. The van der Waals surface area contributed by atoms with Crippen molar-refractivity contribution in [2.24, 2.45) is 0 Å². The van der Waals surface area contributed by atoms with Gasteiger partial charge in [-0.2, -0.15) is 0 Å². The highest BCUT2D eigenvalue weighted by Crippen LogP contribution is 2.31. The minimum Gasteiger partial charge on any atom is -0.391 e. The summed E-state index contributed by atoms with van der Waals surface area (Å²) in [6.45, 7) is 8.36. The van der Waals surface area contributed by atoms with Crippen LogP contribution in [0.3, 0.4) is 0 Å². The van der Waals surface area contributed by atoms with Gasteiger partial charge in [-0.15, -0.1) is 0 Å². The van der Waals surface area contributed by atoms with E-state index in [1.54, 1.807) is 13.0 Å². The fourth-order valence-corrected chi connectivity index (χ4v) is 2.73. The fraction of sp³-hybridized carbons (Fsp3) is 0.625. The lowest BCUT2D eigenvalue weighted by Gasteiger charge is -2.26. The van der Waals surface area contributed by atoms with Gasteiger partial charge in [-0.1, -0.05) is 6.92 Å². The number of rotatable bonds is 5. The summed E-state index contributed by atoms with van der Waals surface area (Å²) in [6, 6.07) is 3.66. The predicted molar refractivity (Wildman–Crippen MR) is 80.7 cm³/mol. The molecule has 0 aliphatic carbocycles. The molecule has 1 saturated heterocycles. The lowest BCUT2D eigenvalue weighted by molar-refractivity contribution is 0.198. The van der Waals surface area contributed by atoms with E-state index in [9.17, 15) is 9.50 Å². The molecule has 112 valence electrons. The number of β-amino-alcohol motifs (C(OH)–C–C–N with tert-alkyl or cyclic N) is 1.